The number of aryl methyl sites for hydroxylation is 1. The molecule has 0 radical (unpaired) electrons. The Hall–Kier alpha value is -2.12. The molecule has 4 nitrogen and oxygen atoms in total. The Morgan fingerprint density at radius 3 is 3.00 bits per heavy atom. The Labute approximate surface area is 106 Å². The Kier molecular flexibility index (Phi) is 2.62. The summed E-state index contributed by atoms with van der Waals surface area (Å²) in [6.07, 6.45) is 0.892. The number of fused-ring (bicyclic) bond motifs is 1. The molecule has 2 heterocycles. The first kappa shape index (κ1) is 11.0. The summed E-state index contributed by atoms with van der Waals surface area (Å²) in [5, 5.41) is 17.3. The largest absolute Gasteiger partial charge is 0.312 e. The fourth-order valence-electron chi connectivity index (χ4n) is 2.39. The minimum Gasteiger partial charge on any atom is -0.312 e. The van der Waals surface area contributed by atoms with Crippen LogP contribution in [0.4, 0.5) is 0 Å². The van der Waals surface area contributed by atoms with Crippen molar-refractivity contribution in [2.45, 2.75) is 19.9 Å². The summed E-state index contributed by atoms with van der Waals surface area (Å²) in [5.41, 5.74) is 4.87. The monoisotopic (exact) mass is 238 g/mol. The first-order chi connectivity index (χ1) is 8.81. The molecule has 1 N–H and O–H groups in total. The molecule has 90 valence electrons. The van der Waals surface area contributed by atoms with Gasteiger partial charge in [-0.3, -0.25) is 0 Å². The second kappa shape index (κ2) is 4.28. The van der Waals surface area contributed by atoms with Gasteiger partial charge in [0.15, 0.2) is 0 Å². The van der Waals surface area contributed by atoms with Crippen LogP contribution in [-0.4, -0.2) is 16.3 Å². The lowest BCUT2D eigenvalue weighted by Crippen LogP contribution is -2.23. The highest BCUT2D eigenvalue weighted by molar-refractivity contribution is 5.47. The minimum atomic E-state index is 0.659. The Morgan fingerprint density at radius 2 is 2.22 bits per heavy atom. The van der Waals surface area contributed by atoms with Crippen LogP contribution in [0.25, 0.3) is 5.69 Å². The van der Waals surface area contributed by atoms with Gasteiger partial charge in [0.2, 0.25) is 0 Å². The van der Waals surface area contributed by atoms with E-state index in [0.717, 1.165) is 42.0 Å². The Morgan fingerprint density at radius 1 is 1.39 bits per heavy atom. The normalized spacial score (nSPS) is 14.0. The molecule has 0 saturated heterocycles. The average molecular weight is 238 g/mol. The van der Waals surface area contributed by atoms with E-state index in [2.05, 4.69) is 16.5 Å². The summed E-state index contributed by atoms with van der Waals surface area (Å²) < 4.78 is 1.78. The molecule has 0 spiro atoms. The first-order valence-corrected chi connectivity index (χ1v) is 6.09. The molecule has 0 fully saturated rings. The maximum absolute atomic E-state index is 9.38. The number of aromatic nitrogens is 2. The fraction of sp³-hybridized carbons (Fsp3) is 0.286. The maximum atomic E-state index is 9.38. The number of nitrogens with zero attached hydrogens (tertiary/aromatic N) is 3. The van der Waals surface area contributed by atoms with Crippen LogP contribution in [0.15, 0.2) is 24.3 Å². The molecule has 0 aliphatic carbocycles. The molecule has 3 rings (SSSR count). The molecule has 0 atom stereocenters. The standard InChI is InChI=1S/C14H14N4/c1-10-4-2-3-5-13(10)18-14(8-15)11-9-16-7-6-12(11)17-18/h2-5,16H,6-7,9H2,1H3. The van der Waals surface area contributed by atoms with E-state index in [1.807, 2.05) is 31.2 Å². The molecule has 0 saturated carbocycles. The summed E-state index contributed by atoms with van der Waals surface area (Å²) in [6, 6.07) is 10.3. The van der Waals surface area contributed by atoms with Gasteiger partial charge in [-0.25, -0.2) is 4.68 Å². The molecule has 2 aromatic rings. The SMILES string of the molecule is Cc1ccccc1-n1nc2c(c1C#N)CNCC2. The van der Waals surface area contributed by atoms with Crippen molar-refractivity contribution in [2.75, 3.05) is 6.54 Å². The zero-order chi connectivity index (χ0) is 12.5. The van der Waals surface area contributed by atoms with Crippen molar-refractivity contribution in [3.8, 4) is 11.8 Å². The molecule has 0 amide bonds. The van der Waals surface area contributed by atoms with Gasteiger partial charge in [0.05, 0.1) is 11.4 Å². The van der Waals surface area contributed by atoms with Crippen LogP contribution < -0.4 is 5.32 Å². The van der Waals surface area contributed by atoms with Crippen LogP contribution in [0, 0.1) is 18.3 Å². The lowest BCUT2D eigenvalue weighted by molar-refractivity contribution is 0.635. The molecular formula is C14H14N4. The number of hydrogen-bond acceptors (Lipinski definition) is 3. The minimum absolute atomic E-state index is 0.659. The van der Waals surface area contributed by atoms with Crippen molar-refractivity contribution in [3.05, 3.63) is 46.8 Å². The number of hydrogen-bond donors (Lipinski definition) is 1. The Bertz CT molecular complexity index is 634. The average Bonchev–Trinajstić information content (AvgIpc) is 2.77. The van der Waals surface area contributed by atoms with E-state index in [0.29, 0.717) is 5.69 Å². The zero-order valence-electron chi connectivity index (χ0n) is 10.3. The van der Waals surface area contributed by atoms with Gasteiger partial charge in [-0.05, 0) is 18.6 Å². The van der Waals surface area contributed by atoms with E-state index >= 15 is 0 Å². The predicted octanol–water partition coefficient (Wildman–Crippen LogP) is 1.70. The van der Waals surface area contributed by atoms with Crippen molar-refractivity contribution in [3.63, 3.8) is 0 Å². The van der Waals surface area contributed by atoms with Gasteiger partial charge in [0.1, 0.15) is 11.8 Å². The summed E-state index contributed by atoms with van der Waals surface area (Å²) in [5.74, 6) is 0. The van der Waals surface area contributed by atoms with Crippen molar-refractivity contribution in [1.29, 1.82) is 5.26 Å². The lowest BCUT2D eigenvalue weighted by Gasteiger charge is -2.10. The van der Waals surface area contributed by atoms with Crippen LogP contribution in [0.2, 0.25) is 0 Å². The van der Waals surface area contributed by atoms with Crippen LogP contribution in [0.5, 0.6) is 0 Å². The molecule has 1 aliphatic rings. The van der Waals surface area contributed by atoms with E-state index in [-0.39, 0.29) is 0 Å². The van der Waals surface area contributed by atoms with Gasteiger partial charge in [-0.15, -0.1) is 0 Å². The molecule has 1 aliphatic heterocycles. The lowest BCUT2D eigenvalue weighted by atomic mass is 10.1. The summed E-state index contributed by atoms with van der Waals surface area (Å²) in [6.45, 7) is 3.71. The molecule has 0 bridgehead atoms. The fourth-order valence-corrected chi connectivity index (χ4v) is 2.39. The number of rotatable bonds is 1. The topological polar surface area (TPSA) is 53.6 Å². The first-order valence-electron chi connectivity index (χ1n) is 6.09. The molecule has 1 aromatic heterocycles. The van der Waals surface area contributed by atoms with Crippen molar-refractivity contribution in [2.24, 2.45) is 0 Å². The summed E-state index contributed by atoms with van der Waals surface area (Å²) >= 11 is 0. The second-order valence-electron chi connectivity index (χ2n) is 4.51. The third kappa shape index (κ3) is 1.60. The molecule has 18 heavy (non-hydrogen) atoms. The van der Waals surface area contributed by atoms with Crippen LogP contribution >= 0.6 is 0 Å². The molecular weight excluding hydrogens is 224 g/mol. The summed E-state index contributed by atoms with van der Waals surface area (Å²) in [7, 11) is 0. The highest BCUT2D eigenvalue weighted by Crippen LogP contribution is 2.22. The van der Waals surface area contributed by atoms with E-state index in [1.165, 1.54) is 0 Å². The highest BCUT2D eigenvalue weighted by atomic mass is 15.3. The van der Waals surface area contributed by atoms with E-state index in [1.54, 1.807) is 4.68 Å². The summed E-state index contributed by atoms with van der Waals surface area (Å²) in [4.78, 5) is 0. The van der Waals surface area contributed by atoms with Gasteiger partial charge >= 0.3 is 0 Å². The number of nitrogens with one attached hydrogen (secondary N) is 1. The zero-order valence-corrected chi connectivity index (χ0v) is 10.3. The van der Waals surface area contributed by atoms with Crippen molar-refractivity contribution in [1.82, 2.24) is 15.1 Å². The quantitative estimate of drug-likeness (QED) is 0.822. The van der Waals surface area contributed by atoms with Gasteiger partial charge in [0, 0.05) is 25.1 Å². The smallest absolute Gasteiger partial charge is 0.149 e. The van der Waals surface area contributed by atoms with Crippen LogP contribution in [0.1, 0.15) is 22.5 Å². The highest BCUT2D eigenvalue weighted by Gasteiger charge is 2.21. The molecule has 1 aromatic carbocycles. The predicted molar refractivity (Wildman–Crippen MR) is 68.4 cm³/mol. The van der Waals surface area contributed by atoms with Gasteiger partial charge < -0.3 is 5.32 Å². The van der Waals surface area contributed by atoms with Gasteiger partial charge in [-0.1, -0.05) is 18.2 Å². The van der Waals surface area contributed by atoms with E-state index in [9.17, 15) is 5.26 Å². The third-order valence-electron chi connectivity index (χ3n) is 3.36. The number of benzene rings is 1. The Balaban J connectivity index is 2.22. The van der Waals surface area contributed by atoms with Crippen molar-refractivity contribution < 1.29 is 0 Å². The van der Waals surface area contributed by atoms with Gasteiger partial charge in [0.25, 0.3) is 0 Å². The second-order valence-corrected chi connectivity index (χ2v) is 4.51. The van der Waals surface area contributed by atoms with Crippen LogP contribution in [-0.2, 0) is 13.0 Å². The van der Waals surface area contributed by atoms with E-state index in [4.69, 9.17) is 0 Å². The number of para-hydroxylation sites is 1. The molecule has 0 unspecified atom stereocenters. The molecule has 4 heteroatoms. The maximum Gasteiger partial charge on any atom is 0.149 e. The van der Waals surface area contributed by atoms with Gasteiger partial charge in [-0.2, -0.15) is 10.4 Å². The van der Waals surface area contributed by atoms with E-state index < -0.39 is 0 Å². The third-order valence-corrected chi connectivity index (χ3v) is 3.36. The van der Waals surface area contributed by atoms with Crippen molar-refractivity contribution >= 4 is 0 Å². The van der Waals surface area contributed by atoms with Crippen LogP contribution in [0.3, 0.4) is 0 Å². The number of nitriles is 1.